The number of ether oxygens (including phenoxy) is 3. The Hall–Kier alpha value is -2.27. The van der Waals surface area contributed by atoms with Gasteiger partial charge in [-0.3, -0.25) is 4.90 Å². The maximum Gasteiger partial charge on any atom is 0.410 e. The predicted octanol–water partition coefficient (Wildman–Crippen LogP) is 6.20. The summed E-state index contributed by atoms with van der Waals surface area (Å²) < 4.78 is 19.6. The minimum Gasteiger partial charge on any atom is -0.444 e. The zero-order valence-corrected chi connectivity index (χ0v) is 28.4. The van der Waals surface area contributed by atoms with E-state index in [1.54, 1.807) is 6.33 Å². The highest BCUT2D eigenvalue weighted by atomic mass is 28.3. The van der Waals surface area contributed by atoms with Gasteiger partial charge in [0.05, 0.1) is 18.9 Å². The molecule has 0 spiro atoms. The molecule has 0 bridgehead atoms. The first-order valence-corrected chi connectivity index (χ1v) is 20.1. The Morgan fingerprint density at radius 3 is 2.47 bits per heavy atom. The fourth-order valence-electron chi connectivity index (χ4n) is 6.58. The van der Waals surface area contributed by atoms with Gasteiger partial charge in [0.2, 0.25) is 0 Å². The van der Waals surface area contributed by atoms with E-state index >= 15 is 0 Å². The summed E-state index contributed by atoms with van der Waals surface area (Å²) in [5.74, 6) is 0.616. The molecule has 43 heavy (non-hydrogen) atoms. The van der Waals surface area contributed by atoms with Gasteiger partial charge in [-0.15, -0.1) is 0 Å². The molecule has 2 aromatic heterocycles. The minimum atomic E-state index is -1.14. The van der Waals surface area contributed by atoms with Crippen molar-refractivity contribution in [3.63, 3.8) is 0 Å². The lowest BCUT2D eigenvalue weighted by atomic mass is 9.82. The summed E-state index contributed by atoms with van der Waals surface area (Å²) in [6.45, 7) is 19.0. The van der Waals surface area contributed by atoms with E-state index in [2.05, 4.69) is 41.4 Å². The summed E-state index contributed by atoms with van der Waals surface area (Å²) in [6.07, 6.45) is 12.7. The maximum atomic E-state index is 12.5. The summed E-state index contributed by atoms with van der Waals surface area (Å²) in [5.41, 5.74) is 4.29. The molecular weight excluding hydrogens is 558 g/mol. The largest absolute Gasteiger partial charge is 0.444 e. The molecule has 4 heterocycles. The normalized spacial score (nSPS) is 22.6. The topological polar surface area (TPSA) is 82.0 Å². The Kier molecular flexibility index (Phi) is 10.3. The molecule has 238 valence electrons. The van der Waals surface area contributed by atoms with Gasteiger partial charge in [0, 0.05) is 64.0 Å². The summed E-state index contributed by atoms with van der Waals surface area (Å²) in [4.78, 5) is 26.6. The smallest absolute Gasteiger partial charge is 0.410 e. The van der Waals surface area contributed by atoms with Crippen molar-refractivity contribution in [2.75, 3.05) is 46.0 Å². The molecule has 1 saturated heterocycles. The van der Waals surface area contributed by atoms with Gasteiger partial charge in [0.25, 0.3) is 0 Å². The highest BCUT2D eigenvalue weighted by Gasteiger charge is 2.32. The van der Waals surface area contributed by atoms with Crippen molar-refractivity contribution in [2.45, 2.75) is 103 Å². The number of piperazine rings is 1. The number of carbonyl (C=O) groups is 1. The number of rotatable bonds is 9. The number of carbonyl (C=O) groups excluding carboxylic acids is 1. The Labute approximate surface area is 259 Å². The SMILES string of the molecule is CC(C)(C)OC(=O)N1CCN(C2CCC(Cc3ncnc4c3c(C3=CCOCC3)cn4COCC[Si](C)(C)C)CC2)CC1. The van der Waals surface area contributed by atoms with Gasteiger partial charge in [0.1, 0.15) is 24.3 Å². The lowest BCUT2D eigenvalue weighted by molar-refractivity contribution is 0.00719. The molecule has 9 nitrogen and oxygen atoms in total. The average Bonchev–Trinajstić information content (AvgIpc) is 3.34. The lowest BCUT2D eigenvalue weighted by Gasteiger charge is -2.42. The molecule has 2 fully saturated rings. The van der Waals surface area contributed by atoms with Crippen LogP contribution in [0.1, 0.15) is 64.1 Å². The van der Waals surface area contributed by atoms with Gasteiger partial charge in [-0.05, 0) is 76.8 Å². The molecule has 0 aromatic carbocycles. The van der Waals surface area contributed by atoms with Crippen LogP contribution in [0, 0.1) is 5.92 Å². The van der Waals surface area contributed by atoms with Crippen molar-refractivity contribution >= 4 is 30.8 Å². The first kappa shape index (κ1) is 32.1. The Morgan fingerprint density at radius 2 is 1.81 bits per heavy atom. The lowest BCUT2D eigenvalue weighted by Crippen LogP contribution is -2.53. The monoisotopic (exact) mass is 611 g/mol. The molecule has 1 aliphatic carbocycles. The Bertz CT molecular complexity index is 1260. The summed E-state index contributed by atoms with van der Waals surface area (Å²) >= 11 is 0. The zero-order chi connectivity index (χ0) is 30.6. The third-order valence-corrected chi connectivity index (χ3v) is 10.8. The van der Waals surface area contributed by atoms with E-state index in [4.69, 9.17) is 24.2 Å². The third kappa shape index (κ3) is 8.68. The second-order valence-electron chi connectivity index (χ2n) is 14.8. The zero-order valence-electron chi connectivity index (χ0n) is 27.4. The van der Waals surface area contributed by atoms with Gasteiger partial charge in [-0.1, -0.05) is 25.7 Å². The van der Waals surface area contributed by atoms with E-state index in [1.165, 1.54) is 47.9 Å². The van der Waals surface area contributed by atoms with E-state index in [-0.39, 0.29) is 6.09 Å². The second kappa shape index (κ2) is 13.8. The fraction of sp³-hybridized carbons (Fsp3) is 0.727. The summed E-state index contributed by atoms with van der Waals surface area (Å²) in [5, 5.41) is 1.20. The quantitative estimate of drug-likeness (QED) is 0.247. The minimum absolute atomic E-state index is 0.185. The molecular formula is C33H53N5O4Si. The molecule has 0 atom stereocenters. The second-order valence-corrected chi connectivity index (χ2v) is 20.4. The fourth-order valence-corrected chi connectivity index (χ4v) is 7.34. The number of aromatic nitrogens is 3. The first-order valence-electron chi connectivity index (χ1n) is 16.4. The van der Waals surface area contributed by atoms with E-state index in [0.29, 0.717) is 25.3 Å². The Balaban J connectivity index is 1.22. The molecule has 10 heteroatoms. The molecule has 1 amide bonds. The third-order valence-electron chi connectivity index (χ3n) is 9.05. The number of fused-ring (bicyclic) bond motifs is 1. The molecule has 2 aliphatic heterocycles. The molecule has 3 aliphatic rings. The van der Waals surface area contributed by atoms with Gasteiger partial charge < -0.3 is 23.7 Å². The number of hydrogen-bond acceptors (Lipinski definition) is 7. The van der Waals surface area contributed by atoms with Crippen LogP contribution >= 0.6 is 0 Å². The molecule has 1 saturated carbocycles. The van der Waals surface area contributed by atoms with Gasteiger partial charge >= 0.3 is 6.09 Å². The number of amides is 1. The predicted molar refractivity (Wildman–Crippen MR) is 174 cm³/mol. The highest BCUT2D eigenvalue weighted by molar-refractivity contribution is 6.76. The van der Waals surface area contributed by atoms with Crippen molar-refractivity contribution in [3.8, 4) is 0 Å². The molecule has 0 N–H and O–H groups in total. The molecule has 2 aromatic rings. The van der Waals surface area contributed by atoms with Crippen molar-refractivity contribution in [1.82, 2.24) is 24.3 Å². The standard InChI is InChI=1S/C33H53N5O4Si/c1-33(2,3)42-32(39)37-15-13-36(14-16-37)27-9-7-25(8-10-27)21-29-30-28(26-11-17-40-18-12-26)22-38(31(30)35-23-34-29)24-41-19-20-43(4,5)6/h11,22-23,25,27H,7-10,12-21,24H2,1-6H3. The van der Waals surface area contributed by atoms with Crippen LogP contribution in [0.3, 0.4) is 0 Å². The van der Waals surface area contributed by atoms with Crippen molar-refractivity contribution in [2.24, 2.45) is 5.92 Å². The van der Waals surface area contributed by atoms with Crippen LogP contribution in [0.5, 0.6) is 0 Å². The van der Waals surface area contributed by atoms with Gasteiger partial charge in [-0.2, -0.15) is 0 Å². The van der Waals surface area contributed by atoms with Crippen LogP contribution in [0.25, 0.3) is 16.6 Å². The van der Waals surface area contributed by atoms with Crippen LogP contribution in [0.15, 0.2) is 18.6 Å². The summed E-state index contributed by atoms with van der Waals surface area (Å²) in [7, 11) is -1.14. The molecule has 5 rings (SSSR count). The molecule has 0 radical (unpaired) electrons. The highest BCUT2D eigenvalue weighted by Crippen LogP contribution is 2.35. The van der Waals surface area contributed by atoms with E-state index in [0.717, 1.165) is 63.9 Å². The maximum absolute atomic E-state index is 12.5. The van der Waals surface area contributed by atoms with Crippen LogP contribution in [-0.4, -0.2) is 96.1 Å². The van der Waals surface area contributed by atoms with Crippen LogP contribution in [0.4, 0.5) is 4.79 Å². The molecule has 0 unspecified atom stereocenters. The van der Waals surface area contributed by atoms with Crippen molar-refractivity contribution < 1.29 is 19.0 Å². The number of hydrogen-bond donors (Lipinski definition) is 0. The van der Waals surface area contributed by atoms with E-state index in [9.17, 15) is 4.79 Å². The van der Waals surface area contributed by atoms with Crippen molar-refractivity contribution in [1.29, 1.82) is 0 Å². The van der Waals surface area contributed by atoms with E-state index in [1.807, 2.05) is 25.7 Å². The van der Waals surface area contributed by atoms with Crippen molar-refractivity contribution in [3.05, 3.63) is 29.9 Å². The van der Waals surface area contributed by atoms with Crippen LogP contribution < -0.4 is 0 Å². The van der Waals surface area contributed by atoms with Crippen LogP contribution in [-0.2, 0) is 27.4 Å². The van der Waals surface area contributed by atoms with Crippen LogP contribution in [0.2, 0.25) is 25.7 Å². The average molecular weight is 612 g/mol. The number of nitrogens with zero attached hydrogens (tertiary/aromatic N) is 5. The van der Waals surface area contributed by atoms with Gasteiger partial charge in [0.15, 0.2) is 0 Å². The first-order chi connectivity index (χ1) is 20.5. The van der Waals surface area contributed by atoms with E-state index < -0.39 is 13.7 Å². The Morgan fingerprint density at radius 1 is 1.07 bits per heavy atom. The summed E-state index contributed by atoms with van der Waals surface area (Å²) in [6, 6.07) is 1.75. The van der Waals surface area contributed by atoms with Gasteiger partial charge in [-0.25, -0.2) is 14.8 Å².